The number of carbonyl (C=O) groups is 1. The Kier molecular flexibility index (Phi) is 4.05. The van der Waals surface area contributed by atoms with Gasteiger partial charge in [-0.15, -0.1) is 0 Å². The van der Waals surface area contributed by atoms with Gasteiger partial charge in [0.1, 0.15) is 5.75 Å². The lowest BCUT2D eigenvalue weighted by Gasteiger charge is -2.38. The number of hydrogen-bond acceptors (Lipinski definition) is 3. The molecule has 26 heavy (non-hydrogen) atoms. The number of Topliss-reactive ketones (excluding diaryl/α,β-unsaturated/α-hetero) is 1. The van der Waals surface area contributed by atoms with Crippen molar-refractivity contribution in [3.8, 4) is 5.75 Å². The normalized spacial score (nSPS) is 27.2. The van der Waals surface area contributed by atoms with Crippen molar-refractivity contribution >= 4 is 5.78 Å². The zero-order chi connectivity index (χ0) is 17.5. The van der Waals surface area contributed by atoms with Crippen molar-refractivity contribution < 1.29 is 9.53 Å². The molecule has 2 aromatic carbocycles. The first-order valence-electron chi connectivity index (χ1n) is 9.87. The van der Waals surface area contributed by atoms with Crippen LogP contribution in [0.1, 0.15) is 47.2 Å². The third kappa shape index (κ3) is 2.84. The summed E-state index contributed by atoms with van der Waals surface area (Å²) in [5, 5.41) is 0. The summed E-state index contributed by atoms with van der Waals surface area (Å²) in [7, 11) is 0. The zero-order valence-electron chi connectivity index (χ0n) is 15.1. The maximum absolute atomic E-state index is 13.1. The van der Waals surface area contributed by atoms with Gasteiger partial charge in [0.25, 0.3) is 0 Å². The summed E-state index contributed by atoms with van der Waals surface area (Å²) in [4.78, 5) is 15.8. The third-order valence-electron chi connectivity index (χ3n) is 6.44. The molecule has 2 saturated heterocycles. The molecule has 3 nitrogen and oxygen atoms in total. The van der Waals surface area contributed by atoms with Gasteiger partial charge >= 0.3 is 0 Å². The molecular formula is C23H25NO2. The maximum Gasteiger partial charge on any atom is 0.166 e. The van der Waals surface area contributed by atoms with Crippen molar-refractivity contribution in [1.29, 1.82) is 0 Å². The van der Waals surface area contributed by atoms with Gasteiger partial charge in [0, 0.05) is 36.5 Å². The molecule has 0 N–H and O–H groups in total. The molecular weight excluding hydrogens is 322 g/mol. The lowest BCUT2D eigenvalue weighted by Crippen LogP contribution is -2.44. The van der Waals surface area contributed by atoms with Crippen LogP contribution in [-0.4, -0.2) is 29.4 Å². The van der Waals surface area contributed by atoms with Crippen molar-refractivity contribution in [3.05, 3.63) is 65.2 Å². The van der Waals surface area contributed by atoms with E-state index in [-0.39, 0.29) is 5.92 Å². The number of benzene rings is 2. The fraction of sp³-hybridized carbons (Fsp3) is 0.435. The molecule has 2 bridgehead atoms. The smallest absolute Gasteiger partial charge is 0.166 e. The highest BCUT2D eigenvalue weighted by molar-refractivity contribution is 5.98. The second kappa shape index (κ2) is 6.55. The van der Waals surface area contributed by atoms with Crippen LogP contribution >= 0.6 is 0 Å². The number of nitrogens with zero attached hydrogens (tertiary/aromatic N) is 1. The average molecular weight is 347 g/mol. The van der Waals surface area contributed by atoms with Gasteiger partial charge in [0.05, 0.1) is 6.61 Å². The van der Waals surface area contributed by atoms with Crippen LogP contribution in [0.25, 0.3) is 0 Å². The minimum atomic E-state index is 0.180. The standard InChI is InChI=1S/C23H25NO2/c25-23(18-6-9-22-17(12-18)10-11-26-22)19-13-20-7-8-21(14-19)24(20)15-16-4-2-1-3-5-16/h1-6,9,12,19-21H,7-8,10-11,13-15H2. The van der Waals surface area contributed by atoms with E-state index in [1.165, 1.54) is 24.0 Å². The quantitative estimate of drug-likeness (QED) is 0.775. The van der Waals surface area contributed by atoms with E-state index in [4.69, 9.17) is 4.74 Å². The lowest BCUT2D eigenvalue weighted by molar-refractivity contribution is 0.0678. The highest BCUT2D eigenvalue weighted by Gasteiger charge is 2.42. The topological polar surface area (TPSA) is 29.5 Å². The van der Waals surface area contributed by atoms with E-state index in [1.807, 2.05) is 12.1 Å². The Bertz CT molecular complexity index is 802. The zero-order valence-corrected chi connectivity index (χ0v) is 15.1. The first-order chi connectivity index (χ1) is 12.8. The fourth-order valence-electron chi connectivity index (χ4n) is 5.12. The van der Waals surface area contributed by atoms with E-state index in [0.29, 0.717) is 17.9 Å². The molecule has 2 unspecified atom stereocenters. The monoisotopic (exact) mass is 347 g/mol. The number of rotatable bonds is 4. The Balaban J connectivity index is 1.30. The van der Waals surface area contributed by atoms with Crippen LogP contribution in [0.3, 0.4) is 0 Å². The highest BCUT2D eigenvalue weighted by Crippen LogP contribution is 2.41. The Labute approximate surface area is 155 Å². The molecule has 0 radical (unpaired) electrons. The predicted molar refractivity (Wildman–Crippen MR) is 101 cm³/mol. The first kappa shape index (κ1) is 16.1. The molecule has 0 spiro atoms. The fourth-order valence-corrected chi connectivity index (χ4v) is 5.12. The molecule has 0 aliphatic carbocycles. The minimum absolute atomic E-state index is 0.180. The van der Waals surface area contributed by atoms with Crippen molar-refractivity contribution in [1.82, 2.24) is 4.90 Å². The van der Waals surface area contributed by atoms with Gasteiger partial charge in [-0.05, 0) is 55.0 Å². The summed E-state index contributed by atoms with van der Waals surface area (Å²) in [6, 6.07) is 17.9. The number of hydrogen-bond donors (Lipinski definition) is 0. The summed E-state index contributed by atoms with van der Waals surface area (Å²) in [6.07, 6.45) is 5.42. The number of piperidine rings is 1. The molecule has 2 atom stereocenters. The van der Waals surface area contributed by atoms with Crippen molar-refractivity contribution in [3.63, 3.8) is 0 Å². The van der Waals surface area contributed by atoms with Crippen LogP contribution in [0.2, 0.25) is 0 Å². The Morgan fingerprint density at radius 3 is 2.58 bits per heavy atom. The molecule has 3 aliphatic heterocycles. The molecule has 0 aromatic heterocycles. The molecule has 2 aromatic rings. The summed E-state index contributed by atoms with van der Waals surface area (Å²) in [5.74, 6) is 1.48. The van der Waals surface area contributed by atoms with Gasteiger partial charge in [-0.1, -0.05) is 30.3 Å². The molecule has 134 valence electrons. The average Bonchev–Trinajstić information content (AvgIpc) is 3.22. The van der Waals surface area contributed by atoms with E-state index in [0.717, 1.165) is 43.7 Å². The van der Waals surface area contributed by atoms with E-state index in [2.05, 4.69) is 41.3 Å². The molecule has 3 aliphatic rings. The molecule has 0 amide bonds. The Hall–Kier alpha value is -2.13. The Morgan fingerprint density at radius 1 is 1.04 bits per heavy atom. The van der Waals surface area contributed by atoms with Crippen molar-refractivity contribution in [2.45, 2.75) is 50.7 Å². The first-order valence-corrected chi connectivity index (χ1v) is 9.87. The summed E-state index contributed by atoms with van der Waals surface area (Å²) in [5.41, 5.74) is 3.46. The number of fused-ring (bicyclic) bond motifs is 3. The van der Waals surface area contributed by atoms with Gasteiger partial charge in [-0.25, -0.2) is 0 Å². The van der Waals surface area contributed by atoms with Gasteiger partial charge in [-0.3, -0.25) is 9.69 Å². The second-order valence-electron chi connectivity index (χ2n) is 8.00. The molecule has 5 rings (SSSR count). The van der Waals surface area contributed by atoms with Crippen LogP contribution in [-0.2, 0) is 13.0 Å². The summed E-state index contributed by atoms with van der Waals surface area (Å²) in [6.45, 7) is 1.77. The predicted octanol–water partition coefficient (Wildman–Crippen LogP) is 4.25. The van der Waals surface area contributed by atoms with Crippen molar-refractivity contribution in [2.24, 2.45) is 5.92 Å². The molecule has 0 saturated carbocycles. The summed E-state index contributed by atoms with van der Waals surface area (Å²) >= 11 is 0. The van der Waals surface area contributed by atoms with E-state index in [9.17, 15) is 4.79 Å². The highest BCUT2D eigenvalue weighted by atomic mass is 16.5. The minimum Gasteiger partial charge on any atom is -0.493 e. The van der Waals surface area contributed by atoms with Gasteiger partial charge in [-0.2, -0.15) is 0 Å². The van der Waals surface area contributed by atoms with Gasteiger partial charge in [0.2, 0.25) is 0 Å². The second-order valence-corrected chi connectivity index (χ2v) is 8.00. The van der Waals surface area contributed by atoms with Gasteiger partial charge < -0.3 is 4.74 Å². The van der Waals surface area contributed by atoms with Crippen LogP contribution in [0.5, 0.6) is 5.75 Å². The number of ether oxygens (including phenoxy) is 1. The largest absolute Gasteiger partial charge is 0.493 e. The van der Waals surface area contributed by atoms with Crippen LogP contribution in [0, 0.1) is 5.92 Å². The number of carbonyl (C=O) groups excluding carboxylic acids is 1. The third-order valence-corrected chi connectivity index (χ3v) is 6.44. The van der Waals surface area contributed by atoms with Crippen LogP contribution < -0.4 is 4.74 Å². The van der Waals surface area contributed by atoms with Crippen molar-refractivity contribution in [2.75, 3.05) is 6.61 Å². The molecule has 2 fully saturated rings. The summed E-state index contributed by atoms with van der Waals surface area (Å²) < 4.78 is 5.58. The van der Waals surface area contributed by atoms with Crippen LogP contribution in [0.15, 0.2) is 48.5 Å². The van der Waals surface area contributed by atoms with Crippen LogP contribution in [0.4, 0.5) is 0 Å². The van der Waals surface area contributed by atoms with E-state index in [1.54, 1.807) is 0 Å². The molecule has 3 heteroatoms. The number of ketones is 1. The SMILES string of the molecule is O=C(c1ccc2c(c1)CCO2)C1CC2CCC(C1)N2Cc1ccccc1. The molecule has 3 heterocycles. The lowest BCUT2D eigenvalue weighted by atomic mass is 9.84. The maximum atomic E-state index is 13.1. The van der Waals surface area contributed by atoms with Gasteiger partial charge in [0.15, 0.2) is 5.78 Å². The van der Waals surface area contributed by atoms with E-state index < -0.39 is 0 Å². The van der Waals surface area contributed by atoms with E-state index >= 15 is 0 Å². The Morgan fingerprint density at radius 2 is 1.81 bits per heavy atom.